The van der Waals surface area contributed by atoms with E-state index < -0.39 is 11.7 Å². The van der Waals surface area contributed by atoms with E-state index in [9.17, 15) is 13.2 Å². The third-order valence-corrected chi connectivity index (χ3v) is 5.96. The Morgan fingerprint density at radius 1 is 1.17 bits per heavy atom. The summed E-state index contributed by atoms with van der Waals surface area (Å²) >= 11 is 0. The van der Waals surface area contributed by atoms with Crippen molar-refractivity contribution in [3.8, 4) is 0 Å². The van der Waals surface area contributed by atoms with Gasteiger partial charge in [0, 0.05) is 5.28 Å². The van der Waals surface area contributed by atoms with Crippen LogP contribution in [0.5, 0.6) is 0 Å². The predicted molar refractivity (Wildman–Crippen MR) is 78.1 cm³/mol. The molecular formula is C16H18F3N3O. The molecular weight excluding hydrogens is 307 g/mol. The third-order valence-electron chi connectivity index (χ3n) is 5.96. The Hall–Kier alpha value is -1.47. The summed E-state index contributed by atoms with van der Waals surface area (Å²) in [5.41, 5.74) is 2.58. The van der Waals surface area contributed by atoms with E-state index in [1.165, 1.54) is 37.0 Å². The molecule has 1 N–H and O–H groups in total. The number of fused-ring (bicyclic) bond motifs is 5. The van der Waals surface area contributed by atoms with Crippen LogP contribution in [-0.4, -0.2) is 17.4 Å². The maximum absolute atomic E-state index is 13.2. The highest BCUT2D eigenvalue weighted by molar-refractivity contribution is 5.77. The van der Waals surface area contributed by atoms with Gasteiger partial charge in [-0.25, -0.2) is 0 Å². The molecule has 4 nitrogen and oxygen atoms in total. The molecule has 3 saturated carbocycles. The van der Waals surface area contributed by atoms with E-state index in [4.69, 9.17) is 4.84 Å². The molecule has 0 radical (unpaired) electrons. The van der Waals surface area contributed by atoms with Crippen molar-refractivity contribution in [2.75, 3.05) is 17.0 Å². The SMILES string of the molecule is FC(F)(F)c1cccc2c1NN1O[C@]3(CC4CCC3CC4)CN21. The molecule has 1 aromatic carbocycles. The molecule has 1 atom stereocenters. The number of para-hydroxylation sites is 1. The van der Waals surface area contributed by atoms with Gasteiger partial charge in [0.1, 0.15) is 5.60 Å². The molecule has 2 bridgehead atoms. The van der Waals surface area contributed by atoms with Crippen LogP contribution in [0.3, 0.4) is 0 Å². The predicted octanol–water partition coefficient (Wildman–Crippen LogP) is 3.96. The third kappa shape index (κ3) is 1.86. The van der Waals surface area contributed by atoms with Gasteiger partial charge in [-0.15, -0.1) is 0 Å². The highest BCUT2D eigenvalue weighted by Gasteiger charge is 2.57. The number of anilines is 2. The van der Waals surface area contributed by atoms with Crippen LogP contribution in [0.1, 0.15) is 37.7 Å². The van der Waals surface area contributed by atoms with Gasteiger partial charge in [0.25, 0.3) is 0 Å². The summed E-state index contributed by atoms with van der Waals surface area (Å²) in [6.07, 6.45) is 1.50. The van der Waals surface area contributed by atoms with Crippen molar-refractivity contribution in [2.45, 2.75) is 43.9 Å². The number of nitrogens with one attached hydrogen (secondary N) is 1. The molecule has 1 spiro atoms. The molecule has 124 valence electrons. The van der Waals surface area contributed by atoms with Crippen molar-refractivity contribution < 1.29 is 18.0 Å². The molecule has 23 heavy (non-hydrogen) atoms. The molecule has 4 fully saturated rings. The monoisotopic (exact) mass is 325 g/mol. The second-order valence-electron chi connectivity index (χ2n) is 7.22. The summed E-state index contributed by atoms with van der Waals surface area (Å²) < 4.78 is 39.5. The number of halogens is 3. The van der Waals surface area contributed by atoms with E-state index in [2.05, 4.69) is 5.43 Å². The highest BCUT2D eigenvalue weighted by atomic mass is 19.4. The first kappa shape index (κ1) is 13.9. The summed E-state index contributed by atoms with van der Waals surface area (Å²) in [4.78, 5) is 6.18. The van der Waals surface area contributed by atoms with Crippen LogP contribution in [0.4, 0.5) is 24.5 Å². The molecule has 0 amide bonds. The second kappa shape index (κ2) is 4.33. The fourth-order valence-corrected chi connectivity index (χ4v) is 4.89. The molecule has 2 heterocycles. The lowest BCUT2D eigenvalue weighted by Gasteiger charge is -2.47. The lowest BCUT2D eigenvalue weighted by atomic mass is 9.62. The first-order chi connectivity index (χ1) is 11.0. The minimum absolute atomic E-state index is 0.0934. The quantitative estimate of drug-likeness (QED) is 0.781. The first-order valence-electron chi connectivity index (χ1n) is 8.20. The van der Waals surface area contributed by atoms with Gasteiger partial charge in [0.2, 0.25) is 0 Å². The Morgan fingerprint density at radius 2 is 1.96 bits per heavy atom. The first-order valence-corrected chi connectivity index (χ1v) is 8.20. The van der Waals surface area contributed by atoms with E-state index >= 15 is 0 Å². The van der Waals surface area contributed by atoms with Crippen molar-refractivity contribution in [2.24, 2.45) is 11.8 Å². The summed E-state index contributed by atoms with van der Waals surface area (Å²) in [6, 6.07) is 4.29. The summed E-state index contributed by atoms with van der Waals surface area (Å²) in [7, 11) is 0. The molecule has 0 unspecified atom stereocenters. The van der Waals surface area contributed by atoms with Gasteiger partial charge in [-0.1, -0.05) is 6.07 Å². The van der Waals surface area contributed by atoms with Crippen molar-refractivity contribution >= 4 is 11.4 Å². The van der Waals surface area contributed by atoms with Crippen LogP contribution in [0, 0.1) is 11.8 Å². The van der Waals surface area contributed by atoms with E-state index in [0.29, 0.717) is 24.1 Å². The molecule has 7 heteroatoms. The van der Waals surface area contributed by atoms with Crippen molar-refractivity contribution in [1.29, 1.82) is 0 Å². The van der Waals surface area contributed by atoms with E-state index in [-0.39, 0.29) is 11.3 Å². The van der Waals surface area contributed by atoms with Crippen molar-refractivity contribution in [3.05, 3.63) is 23.8 Å². The summed E-state index contributed by atoms with van der Waals surface area (Å²) in [6.45, 7) is 0.634. The zero-order valence-electron chi connectivity index (χ0n) is 12.6. The van der Waals surface area contributed by atoms with Crippen molar-refractivity contribution in [3.63, 3.8) is 0 Å². The smallest absolute Gasteiger partial charge is 0.274 e. The Labute approximate surface area is 132 Å². The normalized spacial score (nSPS) is 35.5. The summed E-state index contributed by atoms with van der Waals surface area (Å²) in [5, 5.41) is 3.26. The van der Waals surface area contributed by atoms with Gasteiger partial charge in [-0.3, -0.25) is 15.3 Å². The standard InChI is InChI=1S/C16H18F3N3O/c17-16(18,19)12-2-1-3-13-14(12)20-22-21(13)9-15(23-22)8-10-4-6-11(15)7-5-10/h1-3,10-11,20H,4-9H2/t10?,11?,15-/m1/s1. The number of hydrogen-bond donors (Lipinski definition) is 1. The number of rotatable bonds is 0. The van der Waals surface area contributed by atoms with Gasteiger partial charge in [0.05, 0.1) is 23.5 Å². The Kier molecular flexibility index (Phi) is 2.62. The molecule has 3 aliphatic carbocycles. The summed E-state index contributed by atoms with van der Waals surface area (Å²) in [5.74, 6) is 1.20. The van der Waals surface area contributed by atoms with Crippen LogP contribution in [0.15, 0.2) is 18.2 Å². The topological polar surface area (TPSA) is 27.7 Å². The Balaban J connectivity index is 1.50. The number of hydrazine groups is 2. The molecule has 1 saturated heterocycles. The van der Waals surface area contributed by atoms with E-state index in [1.807, 2.05) is 5.01 Å². The second-order valence-corrected chi connectivity index (χ2v) is 7.22. The van der Waals surface area contributed by atoms with E-state index in [0.717, 1.165) is 12.5 Å². The number of nitrogens with zero attached hydrogens (tertiary/aromatic N) is 2. The van der Waals surface area contributed by atoms with Crippen LogP contribution in [0.25, 0.3) is 0 Å². The molecule has 0 aromatic heterocycles. The fraction of sp³-hybridized carbons (Fsp3) is 0.625. The lowest BCUT2D eigenvalue weighted by molar-refractivity contribution is -0.225. The zero-order valence-corrected chi connectivity index (χ0v) is 12.6. The maximum atomic E-state index is 13.2. The molecule has 2 aliphatic heterocycles. The van der Waals surface area contributed by atoms with Crippen LogP contribution >= 0.6 is 0 Å². The van der Waals surface area contributed by atoms with Crippen LogP contribution in [0.2, 0.25) is 0 Å². The molecule has 6 rings (SSSR count). The lowest BCUT2D eigenvalue weighted by Crippen LogP contribution is -2.50. The number of benzene rings is 1. The highest BCUT2D eigenvalue weighted by Crippen LogP contribution is 2.55. The number of hydrogen-bond acceptors (Lipinski definition) is 4. The van der Waals surface area contributed by atoms with Gasteiger partial charge >= 0.3 is 6.18 Å². The van der Waals surface area contributed by atoms with E-state index in [1.54, 1.807) is 6.07 Å². The largest absolute Gasteiger partial charge is 0.418 e. The van der Waals surface area contributed by atoms with Crippen LogP contribution in [-0.2, 0) is 11.0 Å². The maximum Gasteiger partial charge on any atom is 0.418 e. The fourth-order valence-electron chi connectivity index (χ4n) is 4.89. The Morgan fingerprint density at radius 3 is 2.61 bits per heavy atom. The van der Waals surface area contributed by atoms with Crippen LogP contribution < -0.4 is 10.4 Å². The van der Waals surface area contributed by atoms with Gasteiger partial charge in [-0.2, -0.15) is 13.2 Å². The minimum Gasteiger partial charge on any atom is -0.274 e. The molecule has 5 aliphatic rings. The van der Waals surface area contributed by atoms with Gasteiger partial charge < -0.3 is 0 Å². The zero-order chi connectivity index (χ0) is 15.8. The Bertz CT molecular complexity index is 656. The average Bonchev–Trinajstić information content (AvgIpc) is 3.01. The molecule has 1 aromatic rings. The van der Waals surface area contributed by atoms with Gasteiger partial charge in [-0.05, 0) is 56.1 Å². The van der Waals surface area contributed by atoms with Crippen molar-refractivity contribution in [1.82, 2.24) is 5.28 Å². The van der Waals surface area contributed by atoms with Gasteiger partial charge in [0.15, 0.2) is 0 Å². The number of alkyl halides is 3. The minimum atomic E-state index is -4.37. The average molecular weight is 325 g/mol.